The second-order valence-electron chi connectivity index (χ2n) is 12.4. The fourth-order valence-corrected chi connectivity index (χ4v) is 9.17. The molecular weight excluding hydrogens is 452 g/mol. The highest BCUT2D eigenvalue weighted by atomic mass is 16.7. The summed E-state index contributed by atoms with van der Waals surface area (Å²) < 4.78 is 29.2. The number of furan rings is 1. The second kappa shape index (κ2) is 6.76. The minimum atomic E-state index is -0.978. The number of methoxy groups -OCH3 is 1. The number of esters is 2. The molecule has 2 aliphatic carbocycles. The molecule has 5 fully saturated rings. The lowest BCUT2D eigenvalue weighted by molar-refractivity contribution is -0.211. The van der Waals surface area contributed by atoms with Crippen LogP contribution in [-0.4, -0.2) is 48.2 Å². The van der Waals surface area contributed by atoms with Gasteiger partial charge in [0.05, 0.1) is 43.2 Å². The molecule has 0 radical (unpaired) electrons. The third kappa shape index (κ3) is 2.48. The standard InChI is InChI=1S/C27H34O8/c1-23(2)16-11-17(28)26(5)15(25(16,4)18(34-23)12-19(29)31-6)7-9-24(3)20(14-8-10-32-13-14)33-22(30)21-27(24,26)35-21/h8,10,13,15-16,18,20-21H,7,9,11-12H2,1-6H3/t15-,16?,18-,20+,21-,24+,25-,26+,27-/m1/s1. The topological polar surface area (TPSA) is 105 Å². The van der Waals surface area contributed by atoms with Crippen molar-refractivity contribution < 1.29 is 37.7 Å². The van der Waals surface area contributed by atoms with Gasteiger partial charge in [0.1, 0.15) is 17.5 Å². The molecule has 1 spiro atoms. The van der Waals surface area contributed by atoms with Crippen LogP contribution >= 0.6 is 0 Å². The number of cyclic esters (lactones) is 1. The summed E-state index contributed by atoms with van der Waals surface area (Å²) in [7, 11) is 1.38. The number of epoxide rings is 1. The fourth-order valence-electron chi connectivity index (χ4n) is 9.17. The summed E-state index contributed by atoms with van der Waals surface area (Å²) in [4.78, 5) is 39.8. The summed E-state index contributed by atoms with van der Waals surface area (Å²) in [5.74, 6) is -0.842. The molecule has 1 unspecified atom stereocenters. The zero-order valence-corrected chi connectivity index (χ0v) is 21.2. The Morgan fingerprint density at radius 1 is 1.09 bits per heavy atom. The Bertz CT molecular complexity index is 1110. The molecule has 190 valence electrons. The third-order valence-corrected chi connectivity index (χ3v) is 10.8. The quantitative estimate of drug-likeness (QED) is 0.470. The number of carbonyl (C=O) groups is 3. The van der Waals surface area contributed by atoms with Gasteiger partial charge in [-0.1, -0.05) is 13.8 Å². The van der Waals surface area contributed by atoms with E-state index < -0.39 is 51.7 Å². The van der Waals surface area contributed by atoms with E-state index in [-0.39, 0.29) is 30.0 Å². The minimum Gasteiger partial charge on any atom is -0.472 e. The molecule has 0 N–H and O–H groups in total. The van der Waals surface area contributed by atoms with Crippen molar-refractivity contribution in [2.45, 2.75) is 89.8 Å². The summed E-state index contributed by atoms with van der Waals surface area (Å²) in [5, 5.41) is 0. The summed E-state index contributed by atoms with van der Waals surface area (Å²) >= 11 is 0. The molecule has 2 saturated carbocycles. The molecule has 1 aromatic rings. The lowest BCUT2D eigenvalue weighted by Crippen LogP contribution is -2.71. The number of ether oxygens (including phenoxy) is 4. The Balaban J connectivity index is 1.49. The van der Waals surface area contributed by atoms with Gasteiger partial charge in [0.25, 0.3) is 0 Å². The Morgan fingerprint density at radius 2 is 1.83 bits per heavy atom. The number of ketones is 1. The predicted octanol–water partition coefficient (Wildman–Crippen LogP) is 3.77. The maximum absolute atomic E-state index is 14.2. The van der Waals surface area contributed by atoms with Gasteiger partial charge in [-0.15, -0.1) is 0 Å². The SMILES string of the molecule is COC(=O)C[C@H]1OC(C)(C)C2CC(=O)[C@]3(C)[C@H](CC[C@@]4(C)[C@H](c5ccoc5)OC(=O)[C@H]5O[C@]543)[C@]21C. The van der Waals surface area contributed by atoms with Crippen LogP contribution in [0, 0.1) is 28.1 Å². The van der Waals surface area contributed by atoms with Gasteiger partial charge in [0.15, 0.2) is 6.10 Å². The van der Waals surface area contributed by atoms with Crippen molar-refractivity contribution >= 4 is 17.7 Å². The third-order valence-electron chi connectivity index (χ3n) is 10.8. The van der Waals surface area contributed by atoms with Crippen LogP contribution in [-0.2, 0) is 33.3 Å². The van der Waals surface area contributed by atoms with E-state index in [9.17, 15) is 14.4 Å². The molecule has 5 aliphatic rings. The van der Waals surface area contributed by atoms with E-state index in [1.54, 1.807) is 12.5 Å². The average molecular weight is 487 g/mol. The monoisotopic (exact) mass is 486 g/mol. The Hall–Kier alpha value is -2.19. The van der Waals surface area contributed by atoms with Crippen LogP contribution in [0.5, 0.6) is 0 Å². The molecule has 9 atom stereocenters. The molecule has 3 saturated heterocycles. The van der Waals surface area contributed by atoms with Crippen molar-refractivity contribution in [3.63, 3.8) is 0 Å². The van der Waals surface area contributed by atoms with E-state index >= 15 is 0 Å². The van der Waals surface area contributed by atoms with Crippen LogP contribution in [0.1, 0.15) is 72.0 Å². The Labute approximate surface area is 205 Å². The number of hydrogen-bond acceptors (Lipinski definition) is 8. The number of Topliss-reactive ketones (excluding diaryl/α,β-unsaturated/α-hetero) is 1. The van der Waals surface area contributed by atoms with Crippen molar-refractivity contribution in [3.8, 4) is 0 Å². The molecule has 4 heterocycles. The molecule has 35 heavy (non-hydrogen) atoms. The summed E-state index contributed by atoms with van der Waals surface area (Å²) in [5.41, 5.74) is -2.79. The summed E-state index contributed by atoms with van der Waals surface area (Å²) in [6.07, 6.45) is 3.31. The first-order valence-electron chi connectivity index (χ1n) is 12.6. The van der Waals surface area contributed by atoms with E-state index in [1.165, 1.54) is 7.11 Å². The van der Waals surface area contributed by atoms with Gasteiger partial charge in [0, 0.05) is 28.7 Å². The molecule has 8 nitrogen and oxygen atoms in total. The van der Waals surface area contributed by atoms with Gasteiger partial charge in [-0.25, -0.2) is 4.79 Å². The maximum Gasteiger partial charge on any atom is 0.339 e. The van der Waals surface area contributed by atoms with Gasteiger partial charge in [-0.2, -0.15) is 0 Å². The molecule has 8 heteroatoms. The van der Waals surface area contributed by atoms with E-state index in [2.05, 4.69) is 13.8 Å². The van der Waals surface area contributed by atoms with E-state index in [0.29, 0.717) is 12.8 Å². The highest BCUT2D eigenvalue weighted by Crippen LogP contribution is 2.79. The Kier molecular flexibility index (Phi) is 4.49. The number of carbonyl (C=O) groups excluding carboxylic acids is 3. The van der Waals surface area contributed by atoms with Crippen molar-refractivity contribution in [1.82, 2.24) is 0 Å². The summed E-state index contributed by atoms with van der Waals surface area (Å²) in [6.45, 7) is 10.3. The molecular formula is C27H34O8. The van der Waals surface area contributed by atoms with E-state index in [4.69, 9.17) is 23.4 Å². The van der Waals surface area contributed by atoms with Crippen LogP contribution in [0.4, 0.5) is 0 Å². The lowest BCUT2D eigenvalue weighted by atomic mass is 9.37. The smallest absolute Gasteiger partial charge is 0.339 e. The highest BCUT2D eigenvalue weighted by molar-refractivity contribution is 5.93. The largest absolute Gasteiger partial charge is 0.472 e. The molecule has 1 aromatic heterocycles. The fraction of sp³-hybridized carbons (Fsp3) is 0.741. The highest BCUT2D eigenvalue weighted by Gasteiger charge is 2.89. The first kappa shape index (κ1) is 23.2. The zero-order chi connectivity index (χ0) is 25.2. The van der Waals surface area contributed by atoms with Gasteiger partial charge in [-0.3, -0.25) is 9.59 Å². The van der Waals surface area contributed by atoms with Crippen molar-refractivity contribution in [1.29, 1.82) is 0 Å². The van der Waals surface area contributed by atoms with E-state index in [0.717, 1.165) is 12.0 Å². The number of fused-ring (bicyclic) bond motifs is 3. The molecule has 0 aromatic carbocycles. The van der Waals surface area contributed by atoms with Gasteiger partial charge >= 0.3 is 11.9 Å². The summed E-state index contributed by atoms with van der Waals surface area (Å²) in [6, 6.07) is 1.81. The first-order valence-corrected chi connectivity index (χ1v) is 12.6. The van der Waals surface area contributed by atoms with Crippen LogP contribution in [0.3, 0.4) is 0 Å². The van der Waals surface area contributed by atoms with Crippen LogP contribution < -0.4 is 0 Å². The zero-order valence-electron chi connectivity index (χ0n) is 21.2. The average Bonchev–Trinajstić information content (AvgIpc) is 3.30. The van der Waals surface area contributed by atoms with Crippen LogP contribution in [0.15, 0.2) is 23.0 Å². The van der Waals surface area contributed by atoms with Crippen molar-refractivity contribution in [2.24, 2.45) is 28.1 Å². The maximum atomic E-state index is 14.2. The van der Waals surface area contributed by atoms with Crippen molar-refractivity contribution in [2.75, 3.05) is 7.11 Å². The van der Waals surface area contributed by atoms with Crippen LogP contribution in [0.25, 0.3) is 0 Å². The second-order valence-corrected chi connectivity index (χ2v) is 12.4. The van der Waals surface area contributed by atoms with Crippen LogP contribution in [0.2, 0.25) is 0 Å². The predicted molar refractivity (Wildman–Crippen MR) is 121 cm³/mol. The van der Waals surface area contributed by atoms with Crippen molar-refractivity contribution in [3.05, 3.63) is 24.2 Å². The molecule has 3 aliphatic heterocycles. The number of rotatable bonds is 3. The number of hydrogen-bond donors (Lipinski definition) is 0. The van der Waals surface area contributed by atoms with E-state index in [1.807, 2.05) is 26.8 Å². The minimum absolute atomic E-state index is 0.0617. The van der Waals surface area contributed by atoms with Gasteiger partial charge in [-0.05, 0) is 45.6 Å². The van der Waals surface area contributed by atoms with Gasteiger partial charge < -0.3 is 23.4 Å². The molecule has 0 bridgehead atoms. The lowest BCUT2D eigenvalue weighted by Gasteiger charge is -2.64. The Morgan fingerprint density at radius 3 is 2.49 bits per heavy atom. The van der Waals surface area contributed by atoms with Gasteiger partial charge in [0.2, 0.25) is 0 Å². The first-order chi connectivity index (χ1) is 16.4. The molecule has 0 amide bonds. The normalized spacial score (nSPS) is 49.3. The molecule has 6 rings (SSSR count).